The average Bonchev–Trinajstić information content (AvgIpc) is 2.65. The lowest BCUT2D eigenvalue weighted by Gasteiger charge is -2.26. The average molecular weight is 378 g/mol. The van der Waals surface area contributed by atoms with Gasteiger partial charge < -0.3 is 19.5 Å². The van der Waals surface area contributed by atoms with Crippen molar-refractivity contribution in [2.75, 3.05) is 26.6 Å². The molecule has 26 heavy (non-hydrogen) atoms. The van der Waals surface area contributed by atoms with Gasteiger partial charge in [0.15, 0.2) is 5.17 Å². The second kappa shape index (κ2) is 9.52. The predicted octanol–water partition coefficient (Wildman–Crippen LogP) is 3.68. The zero-order valence-corrected chi connectivity index (χ0v) is 16.7. The minimum absolute atomic E-state index is 0.309. The molecule has 1 aromatic rings. The molecular weight excluding hydrogens is 352 g/mol. The molecule has 1 aliphatic heterocycles. The third kappa shape index (κ3) is 4.52. The number of aliphatic imine (C=N–C) groups is 1. The zero-order valence-electron chi connectivity index (χ0n) is 15.9. The molecule has 0 saturated heterocycles. The molecule has 0 saturated carbocycles. The second-order valence-electron chi connectivity index (χ2n) is 5.68. The fraction of sp³-hybridized carbons (Fsp3) is 0.474. The summed E-state index contributed by atoms with van der Waals surface area (Å²) in [5, 5.41) is 4.02. The monoisotopic (exact) mass is 378 g/mol. The standard InChI is InChI=1S/C19H26N2O4S/c1-6-10-26-19-20-12(3)16(18(22)25-7-2)17(21-19)14-9-8-13(23-4)11-15(14)24-5/h8-9,11,17H,6-7,10H2,1-5H3,(H,20,21)/t17-/m1/s1. The van der Waals surface area contributed by atoms with E-state index in [2.05, 4.69) is 12.2 Å². The fourth-order valence-electron chi connectivity index (χ4n) is 2.66. The first kappa shape index (κ1) is 20.2. The topological polar surface area (TPSA) is 69.2 Å². The summed E-state index contributed by atoms with van der Waals surface area (Å²) in [6.45, 7) is 6.09. The van der Waals surface area contributed by atoms with Crippen LogP contribution in [0.1, 0.15) is 38.8 Å². The van der Waals surface area contributed by atoms with Gasteiger partial charge in [-0.1, -0.05) is 18.7 Å². The Morgan fingerprint density at radius 2 is 2.04 bits per heavy atom. The van der Waals surface area contributed by atoms with Crippen LogP contribution in [-0.4, -0.2) is 37.7 Å². The third-order valence-corrected chi connectivity index (χ3v) is 4.98. The summed E-state index contributed by atoms with van der Waals surface area (Å²) in [4.78, 5) is 17.4. The van der Waals surface area contributed by atoms with E-state index in [0.29, 0.717) is 23.7 Å². The minimum atomic E-state index is -0.490. The lowest BCUT2D eigenvalue weighted by molar-refractivity contribution is -0.138. The van der Waals surface area contributed by atoms with Crippen LogP contribution < -0.4 is 14.8 Å². The maximum Gasteiger partial charge on any atom is 0.338 e. The highest BCUT2D eigenvalue weighted by Crippen LogP contribution is 2.39. The van der Waals surface area contributed by atoms with Gasteiger partial charge in [0, 0.05) is 23.1 Å². The van der Waals surface area contributed by atoms with E-state index in [9.17, 15) is 4.79 Å². The fourth-order valence-corrected chi connectivity index (χ4v) is 3.46. The number of nitrogens with one attached hydrogen (secondary N) is 1. The predicted molar refractivity (Wildman–Crippen MR) is 105 cm³/mol. The molecule has 1 heterocycles. The molecule has 1 aliphatic rings. The molecule has 1 N–H and O–H groups in total. The number of amidine groups is 1. The molecule has 142 valence electrons. The summed E-state index contributed by atoms with van der Waals surface area (Å²) < 4.78 is 16.1. The van der Waals surface area contributed by atoms with E-state index in [-0.39, 0.29) is 5.97 Å². The van der Waals surface area contributed by atoms with E-state index in [1.165, 1.54) is 0 Å². The molecule has 0 radical (unpaired) electrons. The number of benzene rings is 1. The summed E-state index contributed by atoms with van der Waals surface area (Å²) >= 11 is 1.63. The number of nitrogens with zero attached hydrogens (tertiary/aromatic N) is 1. The SMILES string of the molecule is CCCSC1=N[C@H](c2ccc(OC)cc2OC)C(C(=O)OCC)=C(C)N1. The minimum Gasteiger partial charge on any atom is -0.497 e. The second-order valence-corrected chi connectivity index (χ2v) is 6.76. The van der Waals surface area contributed by atoms with Crippen LogP contribution in [-0.2, 0) is 9.53 Å². The Labute approximate surface area is 159 Å². The first-order chi connectivity index (χ1) is 12.5. The summed E-state index contributed by atoms with van der Waals surface area (Å²) in [7, 11) is 3.20. The van der Waals surface area contributed by atoms with Gasteiger partial charge in [-0.3, -0.25) is 0 Å². The van der Waals surface area contributed by atoms with Gasteiger partial charge in [-0.15, -0.1) is 0 Å². The van der Waals surface area contributed by atoms with Crippen LogP contribution in [0, 0.1) is 0 Å². The zero-order chi connectivity index (χ0) is 19.1. The van der Waals surface area contributed by atoms with Gasteiger partial charge >= 0.3 is 5.97 Å². The van der Waals surface area contributed by atoms with Crippen molar-refractivity contribution in [2.24, 2.45) is 4.99 Å². The molecule has 0 unspecified atom stereocenters. The molecule has 0 aromatic heterocycles. The number of hydrogen-bond acceptors (Lipinski definition) is 7. The molecule has 6 nitrogen and oxygen atoms in total. The van der Waals surface area contributed by atoms with Crippen molar-refractivity contribution in [1.29, 1.82) is 0 Å². The van der Waals surface area contributed by atoms with Crippen LogP contribution in [0.25, 0.3) is 0 Å². The highest BCUT2D eigenvalue weighted by Gasteiger charge is 2.32. The van der Waals surface area contributed by atoms with Gasteiger partial charge in [0.25, 0.3) is 0 Å². The molecule has 1 atom stereocenters. The van der Waals surface area contributed by atoms with Crippen LogP contribution >= 0.6 is 11.8 Å². The molecule has 0 aliphatic carbocycles. The van der Waals surface area contributed by atoms with Crippen molar-refractivity contribution in [3.05, 3.63) is 35.0 Å². The molecule has 0 bridgehead atoms. The summed E-state index contributed by atoms with van der Waals surface area (Å²) in [6, 6.07) is 5.03. The smallest absolute Gasteiger partial charge is 0.338 e. The Morgan fingerprint density at radius 1 is 1.27 bits per heavy atom. The van der Waals surface area contributed by atoms with Crippen LogP contribution in [0.2, 0.25) is 0 Å². The normalized spacial score (nSPS) is 16.7. The Kier molecular flexibility index (Phi) is 7.38. The van der Waals surface area contributed by atoms with E-state index < -0.39 is 6.04 Å². The van der Waals surface area contributed by atoms with Gasteiger partial charge in [-0.2, -0.15) is 0 Å². The number of thioether (sulfide) groups is 1. The van der Waals surface area contributed by atoms with Crippen molar-refractivity contribution >= 4 is 22.9 Å². The van der Waals surface area contributed by atoms with Gasteiger partial charge in [-0.05, 0) is 32.4 Å². The number of rotatable bonds is 7. The lowest BCUT2D eigenvalue weighted by Crippen LogP contribution is -2.30. The molecule has 1 aromatic carbocycles. The highest BCUT2D eigenvalue weighted by molar-refractivity contribution is 8.13. The van der Waals surface area contributed by atoms with Crippen molar-refractivity contribution in [2.45, 2.75) is 33.2 Å². The van der Waals surface area contributed by atoms with Crippen LogP contribution in [0.5, 0.6) is 11.5 Å². The first-order valence-electron chi connectivity index (χ1n) is 8.63. The Bertz CT molecular complexity index is 715. The largest absolute Gasteiger partial charge is 0.497 e. The molecule has 0 amide bonds. The van der Waals surface area contributed by atoms with Crippen LogP contribution in [0.15, 0.2) is 34.5 Å². The van der Waals surface area contributed by atoms with Gasteiger partial charge in [0.2, 0.25) is 0 Å². The molecule has 2 rings (SSSR count). The Balaban J connectivity index is 2.51. The van der Waals surface area contributed by atoms with E-state index in [1.54, 1.807) is 39.0 Å². The van der Waals surface area contributed by atoms with Gasteiger partial charge in [0.1, 0.15) is 17.5 Å². The number of carbonyl (C=O) groups is 1. The molecule has 0 fully saturated rings. The highest BCUT2D eigenvalue weighted by atomic mass is 32.2. The molecule has 7 heteroatoms. The molecular formula is C19H26N2O4S. The quantitative estimate of drug-likeness (QED) is 0.730. The summed E-state index contributed by atoms with van der Waals surface area (Å²) in [6.07, 6.45) is 1.04. The molecule has 0 spiro atoms. The van der Waals surface area contributed by atoms with Crippen LogP contribution in [0.4, 0.5) is 0 Å². The van der Waals surface area contributed by atoms with Crippen molar-refractivity contribution in [3.8, 4) is 11.5 Å². The van der Waals surface area contributed by atoms with E-state index >= 15 is 0 Å². The number of methoxy groups -OCH3 is 2. The van der Waals surface area contributed by atoms with Crippen LogP contribution in [0.3, 0.4) is 0 Å². The summed E-state index contributed by atoms with van der Waals surface area (Å²) in [5.74, 6) is 1.88. The Morgan fingerprint density at radius 3 is 2.65 bits per heavy atom. The van der Waals surface area contributed by atoms with Crippen molar-refractivity contribution < 1.29 is 19.0 Å². The third-order valence-electron chi connectivity index (χ3n) is 3.89. The Hall–Kier alpha value is -2.15. The van der Waals surface area contributed by atoms with Gasteiger partial charge in [0.05, 0.1) is 26.4 Å². The number of allylic oxidation sites excluding steroid dienone is 1. The maximum atomic E-state index is 12.6. The number of carbonyl (C=O) groups excluding carboxylic acids is 1. The van der Waals surface area contributed by atoms with Gasteiger partial charge in [-0.25, -0.2) is 9.79 Å². The van der Waals surface area contributed by atoms with E-state index in [4.69, 9.17) is 19.2 Å². The number of esters is 1. The van der Waals surface area contributed by atoms with E-state index in [1.807, 2.05) is 19.1 Å². The van der Waals surface area contributed by atoms with Crippen molar-refractivity contribution in [3.63, 3.8) is 0 Å². The number of ether oxygens (including phenoxy) is 3. The van der Waals surface area contributed by atoms with E-state index in [0.717, 1.165) is 28.6 Å². The van der Waals surface area contributed by atoms with Crippen molar-refractivity contribution in [1.82, 2.24) is 5.32 Å². The summed E-state index contributed by atoms with van der Waals surface area (Å²) in [5.41, 5.74) is 2.04. The number of hydrogen-bond donors (Lipinski definition) is 1. The first-order valence-corrected chi connectivity index (χ1v) is 9.61. The maximum absolute atomic E-state index is 12.6. The lowest BCUT2D eigenvalue weighted by atomic mass is 9.95.